The largest absolute Gasteiger partial charge is 0.467 e. The number of halogens is 1. The van der Waals surface area contributed by atoms with Gasteiger partial charge in [-0.05, 0) is 87.2 Å². The number of rotatable bonds is 7. The molecule has 0 amide bonds. The monoisotopic (exact) mass is 419 g/mol. The molecule has 152 valence electrons. The summed E-state index contributed by atoms with van der Waals surface area (Å²) in [6, 6.07) is 9.75. The maximum absolute atomic E-state index is 6.26. The fourth-order valence-corrected chi connectivity index (χ4v) is 4.20. The zero-order valence-corrected chi connectivity index (χ0v) is 18.4. The highest BCUT2D eigenvalue weighted by molar-refractivity contribution is 7.80. The second kappa shape index (κ2) is 10.3. The number of anilines is 1. The van der Waals surface area contributed by atoms with E-state index in [1.807, 2.05) is 37.3 Å². The number of hydrogen-bond acceptors (Lipinski definition) is 3. The van der Waals surface area contributed by atoms with E-state index in [1.54, 1.807) is 6.26 Å². The first-order valence-electron chi connectivity index (χ1n) is 10.1. The smallest absolute Gasteiger partial charge is 0.173 e. The van der Waals surface area contributed by atoms with E-state index < -0.39 is 0 Å². The minimum absolute atomic E-state index is 0.662. The van der Waals surface area contributed by atoms with Crippen molar-refractivity contribution in [1.82, 2.24) is 9.80 Å². The van der Waals surface area contributed by atoms with Crippen LogP contribution in [0.2, 0.25) is 5.02 Å². The Morgan fingerprint density at radius 2 is 2.21 bits per heavy atom. The van der Waals surface area contributed by atoms with Crippen molar-refractivity contribution in [3.63, 3.8) is 0 Å². The molecule has 0 radical (unpaired) electrons. The van der Waals surface area contributed by atoms with Crippen molar-refractivity contribution in [1.29, 1.82) is 0 Å². The average Bonchev–Trinajstić information content (AvgIpc) is 3.18. The fraction of sp³-hybridized carbons (Fsp3) is 0.500. The van der Waals surface area contributed by atoms with Crippen molar-refractivity contribution < 1.29 is 4.42 Å². The van der Waals surface area contributed by atoms with Gasteiger partial charge in [-0.25, -0.2) is 0 Å². The summed E-state index contributed by atoms with van der Waals surface area (Å²) in [5.74, 6) is 1.72. The van der Waals surface area contributed by atoms with E-state index in [-0.39, 0.29) is 0 Å². The van der Waals surface area contributed by atoms with Crippen molar-refractivity contribution in [2.75, 3.05) is 31.5 Å². The van der Waals surface area contributed by atoms with E-state index in [0.29, 0.717) is 11.7 Å². The molecule has 3 rings (SSSR count). The van der Waals surface area contributed by atoms with Crippen LogP contribution in [-0.2, 0) is 6.54 Å². The van der Waals surface area contributed by atoms with Gasteiger partial charge in [0.25, 0.3) is 0 Å². The van der Waals surface area contributed by atoms with E-state index in [9.17, 15) is 0 Å². The van der Waals surface area contributed by atoms with Crippen LogP contribution in [-0.4, -0.2) is 41.1 Å². The van der Waals surface area contributed by atoms with Gasteiger partial charge in [-0.15, -0.1) is 0 Å². The van der Waals surface area contributed by atoms with E-state index in [4.69, 9.17) is 28.2 Å². The zero-order chi connectivity index (χ0) is 19.9. The molecule has 0 aliphatic carbocycles. The summed E-state index contributed by atoms with van der Waals surface area (Å²) in [5, 5.41) is 4.82. The van der Waals surface area contributed by atoms with Gasteiger partial charge in [0.15, 0.2) is 5.11 Å². The van der Waals surface area contributed by atoms with Crippen LogP contribution in [0.5, 0.6) is 0 Å². The van der Waals surface area contributed by atoms with Crippen molar-refractivity contribution >= 4 is 34.6 Å². The molecule has 1 aromatic heterocycles. The molecule has 0 unspecified atom stereocenters. The van der Waals surface area contributed by atoms with Crippen molar-refractivity contribution in [2.45, 2.75) is 39.7 Å². The Morgan fingerprint density at radius 3 is 2.96 bits per heavy atom. The van der Waals surface area contributed by atoms with Crippen molar-refractivity contribution in [3.8, 4) is 0 Å². The lowest BCUT2D eigenvalue weighted by molar-refractivity contribution is 0.177. The third kappa shape index (κ3) is 5.97. The lowest BCUT2D eigenvalue weighted by Gasteiger charge is -2.32. The van der Waals surface area contributed by atoms with Gasteiger partial charge in [0.05, 0.1) is 12.8 Å². The van der Waals surface area contributed by atoms with E-state index >= 15 is 0 Å². The van der Waals surface area contributed by atoms with Gasteiger partial charge >= 0.3 is 0 Å². The topological polar surface area (TPSA) is 31.6 Å². The van der Waals surface area contributed by atoms with Gasteiger partial charge in [0.2, 0.25) is 0 Å². The molecule has 28 heavy (non-hydrogen) atoms. The first-order chi connectivity index (χ1) is 13.5. The molecule has 1 aromatic carbocycles. The van der Waals surface area contributed by atoms with Gasteiger partial charge in [-0.3, -0.25) is 0 Å². The SMILES string of the molecule is Cc1c(Cl)cccc1NC(=S)N(CCCN1CCC[C@H](C)C1)Cc1ccco1. The Balaban J connectivity index is 1.60. The molecule has 1 N–H and O–H groups in total. The molecule has 1 atom stereocenters. The molecule has 0 bridgehead atoms. The molecule has 2 aromatic rings. The number of benzene rings is 1. The molecule has 0 saturated carbocycles. The van der Waals surface area contributed by atoms with Crippen molar-refractivity contribution in [3.05, 3.63) is 52.9 Å². The maximum Gasteiger partial charge on any atom is 0.173 e. The lowest BCUT2D eigenvalue weighted by Crippen LogP contribution is -2.39. The Labute approximate surface area is 178 Å². The quantitative estimate of drug-likeness (QED) is 0.593. The van der Waals surface area contributed by atoms with Crippen LogP contribution >= 0.6 is 23.8 Å². The minimum Gasteiger partial charge on any atom is -0.467 e. The highest BCUT2D eigenvalue weighted by atomic mass is 35.5. The average molecular weight is 420 g/mol. The van der Waals surface area contributed by atoms with E-state index in [0.717, 1.165) is 47.5 Å². The summed E-state index contributed by atoms with van der Waals surface area (Å²) in [6.45, 7) is 9.43. The molecule has 1 fully saturated rings. The molecule has 1 saturated heterocycles. The van der Waals surface area contributed by atoms with Crippen LogP contribution in [0.25, 0.3) is 0 Å². The summed E-state index contributed by atoms with van der Waals surface area (Å²) in [5.41, 5.74) is 1.96. The number of nitrogens with one attached hydrogen (secondary N) is 1. The molecule has 1 aliphatic rings. The Bertz CT molecular complexity index is 765. The molecule has 2 heterocycles. The Hall–Kier alpha value is -1.56. The number of piperidine rings is 1. The number of thiocarbonyl (C=S) groups is 1. The first kappa shape index (κ1) is 21.2. The van der Waals surface area contributed by atoms with Crippen LogP contribution in [0, 0.1) is 12.8 Å². The van der Waals surface area contributed by atoms with Gasteiger partial charge < -0.3 is 19.5 Å². The van der Waals surface area contributed by atoms with Gasteiger partial charge in [-0.1, -0.05) is 24.6 Å². The molecule has 4 nitrogen and oxygen atoms in total. The molecule has 1 aliphatic heterocycles. The van der Waals surface area contributed by atoms with Crippen LogP contribution < -0.4 is 5.32 Å². The van der Waals surface area contributed by atoms with Gasteiger partial charge in [-0.2, -0.15) is 0 Å². The van der Waals surface area contributed by atoms with Crippen molar-refractivity contribution in [2.24, 2.45) is 5.92 Å². The number of nitrogens with zero attached hydrogens (tertiary/aromatic N) is 2. The van der Waals surface area contributed by atoms with Crippen LogP contribution in [0.4, 0.5) is 5.69 Å². The summed E-state index contributed by atoms with van der Waals surface area (Å²) < 4.78 is 5.56. The third-order valence-corrected chi connectivity index (χ3v) is 6.14. The molecule has 6 heteroatoms. The zero-order valence-electron chi connectivity index (χ0n) is 16.8. The Kier molecular flexibility index (Phi) is 7.77. The highest BCUT2D eigenvalue weighted by Crippen LogP contribution is 2.23. The summed E-state index contributed by atoms with van der Waals surface area (Å²) in [4.78, 5) is 4.76. The second-order valence-corrected chi connectivity index (χ2v) is 8.54. The van der Waals surface area contributed by atoms with Gasteiger partial charge in [0, 0.05) is 23.8 Å². The van der Waals surface area contributed by atoms with Gasteiger partial charge in [0.1, 0.15) is 5.76 Å². The number of hydrogen-bond donors (Lipinski definition) is 1. The lowest BCUT2D eigenvalue weighted by atomic mass is 10.0. The normalized spacial score (nSPS) is 17.5. The van der Waals surface area contributed by atoms with E-state index in [1.165, 1.54) is 25.9 Å². The highest BCUT2D eigenvalue weighted by Gasteiger charge is 2.17. The van der Waals surface area contributed by atoms with Crippen LogP contribution in [0.1, 0.15) is 37.5 Å². The number of likely N-dealkylation sites (tertiary alicyclic amines) is 1. The van der Waals surface area contributed by atoms with Crippen LogP contribution in [0.15, 0.2) is 41.0 Å². The second-order valence-electron chi connectivity index (χ2n) is 7.75. The third-order valence-electron chi connectivity index (χ3n) is 5.37. The summed E-state index contributed by atoms with van der Waals surface area (Å²) in [6.07, 6.45) is 5.45. The number of furan rings is 1. The molecular formula is C22H30ClN3OS. The Morgan fingerprint density at radius 1 is 1.36 bits per heavy atom. The maximum atomic E-state index is 6.26. The fourth-order valence-electron chi connectivity index (χ4n) is 3.76. The first-order valence-corrected chi connectivity index (χ1v) is 10.9. The standard InChI is InChI=1S/C22H30ClN3OS/c1-17-7-4-11-25(15-17)12-6-13-26(16-19-8-5-14-27-19)22(28)24-21-10-3-9-20(23)18(21)2/h3,5,8-10,14,17H,4,6-7,11-13,15-16H2,1-2H3,(H,24,28)/t17-/m0/s1. The van der Waals surface area contributed by atoms with Crippen LogP contribution in [0.3, 0.4) is 0 Å². The summed E-state index contributed by atoms with van der Waals surface area (Å²) >= 11 is 12.0. The minimum atomic E-state index is 0.662. The predicted molar refractivity (Wildman–Crippen MR) is 121 cm³/mol. The molecular weight excluding hydrogens is 390 g/mol. The summed E-state index contributed by atoms with van der Waals surface area (Å²) in [7, 11) is 0. The predicted octanol–water partition coefficient (Wildman–Crippen LogP) is 5.56. The molecule has 0 spiro atoms. The van der Waals surface area contributed by atoms with E-state index in [2.05, 4.69) is 22.0 Å².